The second kappa shape index (κ2) is 8.38. The highest BCUT2D eigenvalue weighted by Gasteiger charge is 2.23. The summed E-state index contributed by atoms with van der Waals surface area (Å²) >= 11 is 0. The maximum absolute atomic E-state index is 4.06. The zero-order chi connectivity index (χ0) is 15.0. The summed E-state index contributed by atoms with van der Waals surface area (Å²) in [5, 5.41) is 3.58. The minimum absolute atomic E-state index is 0.345. The number of rotatable bonds is 9. The average Bonchev–Trinajstić information content (AvgIpc) is 2.44. The van der Waals surface area contributed by atoms with Crippen molar-refractivity contribution in [3.63, 3.8) is 0 Å². The van der Waals surface area contributed by atoms with Crippen LogP contribution in [0, 0.1) is 5.41 Å². The van der Waals surface area contributed by atoms with Crippen molar-refractivity contribution in [2.24, 2.45) is 5.41 Å². The van der Waals surface area contributed by atoms with Gasteiger partial charge in [0.2, 0.25) is 0 Å². The van der Waals surface area contributed by atoms with E-state index in [0.29, 0.717) is 11.5 Å². The van der Waals surface area contributed by atoms with Gasteiger partial charge < -0.3 is 10.2 Å². The van der Waals surface area contributed by atoms with E-state index in [4.69, 9.17) is 0 Å². The normalized spacial score (nSPS) is 14.8. The highest BCUT2D eigenvalue weighted by Crippen LogP contribution is 2.21. The third kappa shape index (κ3) is 6.49. The van der Waals surface area contributed by atoms with Crippen molar-refractivity contribution in [1.29, 1.82) is 0 Å². The van der Waals surface area contributed by atoms with Crippen molar-refractivity contribution in [2.45, 2.75) is 46.6 Å². The number of pyridine rings is 1. The van der Waals surface area contributed by atoms with E-state index in [0.717, 1.165) is 26.1 Å². The summed E-state index contributed by atoms with van der Waals surface area (Å²) in [5.74, 6) is 0. The lowest BCUT2D eigenvalue weighted by Crippen LogP contribution is -2.43. The Morgan fingerprint density at radius 2 is 1.95 bits per heavy atom. The lowest BCUT2D eigenvalue weighted by atomic mass is 9.86. The minimum Gasteiger partial charge on any atom is -0.314 e. The molecule has 0 bridgehead atoms. The van der Waals surface area contributed by atoms with E-state index in [1.54, 1.807) is 0 Å². The van der Waals surface area contributed by atoms with Gasteiger partial charge in [-0.1, -0.05) is 27.7 Å². The molecule has 1 unspecified atom stereocenters. The molecule has 0 saturated heterocycles. The third-order valence-corrected chi connectivity index (χ3v) is 3.97. The Balaban J connectivity index is 2.40. The predicted molar refractivity (Wildman–Crippen MR) is 87.0 cm³/mol. The molecule has 1 heterocycles. The second-order valence-electron chi connectivity index (χ2n) is 6.54. The molecule has 20 heavy (non-hydrogen) atoms. The van der Waals surface area contributed by atoms with Crippen LogP contribution >= 0.6 is 0 Å². The highest BCUT2D eigenvalue weighted by molar-refractivity contribution is 5.09. The summed E-state index contributed by atoms with van der Waals surface area (Å²) in [7, 11) is 2.23. The first-order valence-corrected chi connectivity index (χ1v) is 7.76. The molecule has 0 aliphatic carbocycles. The molecule has 0 spiro atoms. The van der Waals surface area contributed by atoms with E-state index in [1.807, 2.05) is 12.4 Å². The topological polar surface area (TPSA) is 28.2 Å². The summed E-state index contributed by atoms with van der Waals surface area (Å²) in [5.41, 5.74) is 1.71. The van der Waals surface area contributed by atoms with Gasteiger partial charge in [0.15, 0.2) is 0 Å². The number of hydrogen-bond donors (Lipinski definition) is 1. The van der Waals surface area contributed by atoms with Crippen LogP contribution in [-0.4, -0.2) is 42.6 Å². The molecule has 0 amide bonds. The molecule has 1 atom stereocenters. The number of nitrogens with zero attached hydrogens (tertiary/aromatic N) is 2. The molecule has 0 aliphatic heterocycles. The van der Waals surface area contributed by atoms with Gasteiger partial charge in [0.25, 0.3) is 0 Å². The monoisotopic (exact) mass is 277 g/mol. The average molecular weight is 277 g/mol. The van der Waals surface area contributed by atoms with E-state index in [1.165, 1.54) is 12.0 Å². The molecule has 1 rings (SSSR count). The Morgan fingerprint density at radius 1 is 1.30 bits per heavy atom. The number of likely N-dealkylation sites (N-methyl/N-ethyl adjacent to an activating group) is 1. The maximum Gasteiger partial charge on any atom is 0.0270 e. The molecule has 3 heteroatoms. The molecule has 0 radical (unpaired) electrons. The first-order chi connectivity index (χ1) is 9.45. The van der Waals surface area contributed by atoms with Crippen molar-refractivity contribution in [3.8, 4) is 0 Å². The van der Waals surface area contributed by atoms with Gasteiger partial charge in [-0.2, -0.15) is 0 Å². The van der Waals surface area contributed by atoms with Gasteiger partial charge >= 0.3 is 0 Å². The fourth-order valence-corrected chi connectivity index (χ4v) is 2.34. The Bertz CT molecular complexity index is 364. The van der Waals surface area contributed by atoms with Gasteiger partial charge in [-0.3, -0.25) is 4.98 Å². The summed E-state index contributed by atoms with van der Waals surface area (Å²) in [6.45, 7) is 12.4. The van der Waals surface area contributed by atoms with Crippen LogP contribution in [0.2, 0.25) is 0 Å². The van der Waals surface area contributed by atoms with Crippen molar-refractivity contribution < 1.29 is 0 Å². The molecular formula is C17H31N3. The quantitative estimate of drug-likeness (QED) is 0.752. The third-order valence-electron chi connectivity index (χ3n) is 3.97. The van der Waals surface area contributed by atoms with Gasteiger partial charge in [-0.15, -0.1) is 0 Å². The van der Waals surface area contributed by atoms with Gasteiger partial charge in [-0.25, -0.2) is 0 Å². The van der Waals surface area contributed by atoms with Crippen molar-refractivity contribution in [2.75, 3.05) is 26.7 Å². The molecule has 0 saturated carbocycles. The van der Waals surface area contributed by atoms with E-state index >= 15 is 0 Å². The lowest BCUT2D eigenvalue weighted by molar-refractivity contribution is 0.178. The summed E-state index contributed by atoms with van der Waals surface area (Å²) in [4.78, 5) is 6.51. The Kier molecular flexibility index (Phi) is 7.17. The van der Waals surface area contributed by atoms with Crippen LogP contribution < -0.4 is 5.32 Å². The van der Waals surface area contributed by atoms with Crippen LogP contribution in [0.15, 0.2) is 24.5 Å². The fourth-order valence-electron chi connectivity index (χ4n) is 2.34. The first kappa shape index (κ1) is 17.1. The van der Waals surface area contributed by atoms with Crippen molar-refractivity contribution in [1.82, 2.24) is 15.2 Å². The van der Waals surface area contributed by atoms with E-state index in [2.05, 4.69) is 62.1 Å². The molecule has 114 valence electrons. The predicted octanol–water partition coefficient (Wildman–Crippen LogP) is 2.97. The Morgan fingerprint density at radius 3 is 2.50 bits per heavy atom. The molecule has 0 aromatic carbocycles. The van der Waals surface area contributed by atoms with Crippen LogP contribution in [0.1, 0.15) is 39.7 Å². The number of nitrogens with one attached hydrogen (secondary N) is 1. The number of aromatic nitrogens is 1. The van der Waals surface area contributed by atoms with Crippen LogP contribution in [0.25, 0.3) is 0 Å². The van der Waals surface area contributed by atoms with E-state index < -0.39 is 0 Å². The standard InChI is InChI=1S/C17H31N3/c1-6-17(4,13-19-15(2)3)14-20(5)12-9-16-7-10-18-11-8-16/h7-8,10-11,15,19H,6,9,12-14H2,1-5H3. The molecule has 1 aromatic rings. The summed E-state index contributed by atoms with van der Waals surface area (Å²) in [6, 6.07) is 4.77. The smallest absolute Gasteiger partial charge is 0.0270 e. The summed E-state index contributed by atoms with van der Waals surface area (Å²) in [6.07, 6.45) is 6.04. The van der Waals surface area contributed by atoms with E-state index in [9.17, 15) is 0 Å². The minimum atomic E-state index is 0.345. The van der Waals surface area contributed by atoms with Crippen LogP contribution in [0.4, 0.5) is 0 Å². The van der Waals surface area contributed by atoms with E-state index in [-0.39, 0.29) is 0 Å². The van der Waals surface area contributed by atoms with Gasteiger partial charge in [0.05, 0.1) is 0 Å². The Hall–Kier alpha value is -0.930. The largest absolute Gasteiger partial charge is 0.314 e. The fraction of sp³-hybridized carbons (Fsp3) is 0.706. The maximum atomic E-state index is 4.06. The SMILES string of the molecule is CCC(C)(CNC(C)C)CN(C)CCc1ccncc1. The van der Waals surface area contributed by atoms with Crippen LogP contribution in [0.5, 0.6) is 0 Å². The van der Waals surface area contributed by atoms with Crippen LogP contribution in [0.3, 0.4) is 0 Å². The Labute approximate surface area is 124 Å². The van der Waals surface area contributed by atoms with Gasteiger partial charge in [0, 0.05) is 38.1 Å². The highest BCUT2D eigenvalue weighted by atomic mass is 15.1. The zero-order valence-corrected chi connectivity index (χ0v) is 13.8. The molecule has 1 aromatic heterocycles. The summed E-state index contributed by atoms with van der Waals surface area (Å²) < 4.78 is 0. The van der Waals surface area contributed by atoms with Crippen molar-refractivity contribution in [3.05, 3.63) is 30.1 Å². The first-order valence-electron chi connectivity index (χ1n) is 7.76. The second-order valence-corrected chi connectivity index (χ2v) is 6.54. The molecular weight excluding hydrogens is 246 g/mol. The lowest BCUT2D eigenvalue weighted by Gasteiger charge is -2.34. The van der Waals surface area contributed by atoms with Gasteiger partial charge in [-0.05, 0) is 43.0 Å². The molecule has 0 aliphatic rings. The van der Waals surface area contributed by atoms with Crippen molar-refractivity contribution >= 4 is 0 Å². The van der Waals surface area contributed by atoms with Gasteiger partial charge in [0.1, 0.15) is 0 Å². The zero-order valence-electron chi connectivity index (χ0n) is 13.8. The molecule has 3 nitrogen and oxygen atoms in total. The van der Waals surface area contributed by atoms with Crippen LogP contribution in [-0.2, 0) is 6.42 Å². The number of hydrogen-bond acceptors (Lipinski definition) is 3. The molecule has 0 fully saturated rings. The molecule has 1 N–H and O–H groups in total.